The number of aryl methyl sites for hydroxylation is 1. The van der Waals surface area contributed by atoms with Gasteiger partial charge in [0, 0.05) is 5.92 Å². The van der Waals surface area contributed by atoms with Crippen molar-refractivity contribution in [3.63, 3.8) is 0 Å². The van der Waals surface area contributed by atoms with Crippen LogP contribution in [0.3, 0.4) is 0 Å². The predicted molar refractivity (Wildman–Crippen MR) is 81.9 cm³/mol. The molecule has 2 saturated carbocycles. The molecule has 1 amide bonds. The lowest BCUT2D eigenvalue weighted by Crippen LogP contribution is -2.27. The standard InChI is InChI=1S/C16H18N2OS/c1-9-2-5-13-14(6-9)20-16(17-13)18-15(19)12-8-10-3-4-11(12)7-10/h2,5-6,10-12H,3-4,7-8H2,1H3,(H,17,18,19)/t10-,11-,12-/m1/s1. The predicted octanol–water partition coefficient (Wildman–Crippen LogP) is 3.98. The summed E-state index contributed by atoms with van der Waals surface area (Å²) in [6, 6.07) is 6.21. The number of aromatic nitrogens is 1. The molecule has 0 spiro atoms. The number of carbonyl (C=O) groups excluding carboxylic acids is 1. The molecule has 0 aliphatic heterocycles. The molecule has 1 aromatic heterocycles. The third-order valence-electron chi connectivity index (χ3n) is 4.85. The molecule has 1 aromatic carbocycles. The molecule has 104 valence electrons. The third kappa shape index (κ3) is 2.03. The van der Waals surface area contributed by atoms with Crippen LogP contribution in [0.2, 0.25) is 0 Å². The minimum atomic E-state index is 0.188. The van der Waals surface area contributed by atoms with E-state index in [2.05, 4.69) is 29.4 Å². The average molecular weight is 286 g/mol. The SMILES string of the molecule is Cc1ccc2nc(NC(=O)[C@@H]3C[C@@H]4CC[C@@H]3C4)sc2c1. The van der Waals surface area contributed by atoms with Crippen LogP contribution in [-0.4, -0.2) is 10.9 Å². The molecule has 3 nitrogen and oxygen atoms in total. The lowest BCUT2D eigenvalue weighted by atomic mass is 9.88. The fourth-order valence-electron chi connectivity index (χ4n) is 3.85. The fourth-order valence-corrected chi connectivity index (χ4v) is 4.82. The van der Waals surface area contributed by atoms with Gasteiger partial charge in [-0.05, 0) is 55.7 Å². The number of benzene rings is 1. The van der Waals surface area contributed by atoms with Crippen LogP contribution in [-0.2, 0) is 4.79 Å². The first-order chi connectivity index (χ1) is 9.69. The molecule has 1 N–H and O–H groups in total. The highest BCUT2D eigenvalue weighted by Gasteiger charge is 2.43. The van der Waals surface area contributed by atoms with E-state index in [1.165, 1.54) is 24.8 Å². The van der Waals surface area contributed by atoms with Gasteiger partial charge in [0.2, 0.25) is 5.91 Å². The fraction of sp³-hybridized carbons (Fsp3) is 0.500. The first-order valence-electron chi connectivity index (χ1n) is 7.37. The second-order valence-electron chi connectivity index (χ2n) is 6.26. The normalized spacial score (nSPS) is 28.1. The lowest BCUT2D eigenvalue weighted by Gasteiger charge is -2.19. The molecule has 1 heterocycles. The van der Waals surface area contributed by atoms with E-state index in [9.17, 15) is 4.79 Å². The van der Waals surface area contributed by atoms with E-state index >= 15 is 0 Å². The number of hydrogen-bond acceptors (Lipinski definition) is 3. The highest BCUT2D eigenvalue weighted by Crippen LogP contribution is 2.48. The van der Waals surface area contributed by atoms with E-state index in [0.717, 1.165) is 27.7 Å². The summed E-state index contributed by atoms with van der Waals surface area (Å²) in [5.74, 6) is 1.83. The van der Waals surface area contributed by atoms with Gasteiger partial charge in [-0.25, -0.2) is 4.98 Å². The Kier molecular flexibility index (Phi) is 2.81. The summed E-state index contributed by atoms with van der Waals surface area (Å²) < 4.78 is 1.15. The Labute approximate surface area is 122 Å². The molecule has 0 radical (unpaired) electrons. The Bertz CT molecular complexity index is 678. The van der Waals surface area contributed by atoms with Crippen molar-refractivity contribution in [2.45, 2.75) is 32.6 Å². The van der Waals surface area contributed by atoms with Crippen LogP contribution in [0.25, 0.3) is 10.2 Å². The van der Waals surface area contributed by atoms with Crippen LogP contribution in [0.15, 0.2) is 18.2 Å². The lowest BCUT2D eigenvalue weighted by molar-refractivity contribution is -0.121. The van der Waals surface area contributed by atoms with Crippen LogP contribution in [0, 0.1) is 24.7 Å². The van der Waals surface area contributed by atoms with Crippen molar-refractivity contribution in [1.82, 2.24) is 4.98 Å². The Balaban J connectivity index is 1.53. The van der Waals surface area contributed by atoms with E-state index in [-0.39, 0.29) is 11.8 Å². The number of anilines is 1. The summed E-state index contributed by atoms with van der Waals surface area (Å²) in [5, 5.41) is 3.79. The van der Waals surface area contributed by atoms with E-state index in [4.69, 9.17) is 0 Å². The summed E-state index contributed by atoms with van der Waals surface area (Å²) in [4.78, 5) is 16.9. The number of nitrogens with one attached hydrogen (secondary N) is 1. The number of carbonyl (C=O) groups is 1. The highest BCUT2D eigenvalue weighted by molar-refractivity contribution is 7.22. The molecule has 0 saturated heterocycles. The second kappa shape index (κ2) is 4.55. The molecule has 4 rings (SSSR count). The summed E-state index contributed by atoms with van der Waals surface area (Å²) >= 11 is 1.58. The van der Waals surface area contributed by atoms with E-state index in [1.54, 1.807) is 11.3 Å². The summed E-state index contributed by atoms with van der Waals surface area (Å²) in [6.07, 6.45) is 4.91. The van der Waals surface area contributed by atoms with Gasteiger partial charge < -0.3 is 5.32 Å². The van der Waals surface area contributed by atoms with Crippen LogP contribution in [0.4, 0.5) is 5.13 Å². The van der Waals surface area contributed by atoms with Gasteiger partial charge in [-0.15, -0.1) is 0 Å². The van der Waals surface area contributed by atoms with Crippen LogP contribution >= 0.6 is 11.3 Å². The van der Waals surface area contributed by atoms with Gasteiger partial charge in [0.15, 0.2) is 5.13 Å². The van der Waals surface area contributed by atoms with Gasteiger partial charge >= 0.3 is 0 Å². The molecule has 2 aromatic rings. The van der Waals surface area contributed by atoms with Gasteiger partial charge in [0.25, 0.3) is 0 Å². The van der Waals surface area contributed by atoms with E-state index in [1.807, 2.05) is 6.07 Å². The van der Waals surface area contributed by atoms with E-state index < -0.39 is 0 Å². The molecule has 0 unspecified atom stereocenters. The van der Waals surface area contributed by atoms with Gasteiger partial charge in [-0.2, -0.15) is 0 Å². The number of fused-ring (bicyclic) bond motifs is 3. The maximum Gasteiger partial charge on any atom is 0.229 e. The number of hydrogen-bond donors (Lipinski definition) is 1. The zero-order valence-electron chi connectivity index (χ0n) is 11.6. The molecule has 20 heavy (non-hydrogen) atoms. The van der Waals surface area contributed by atoms with Crippen molar-refractivity contribution in [1.29, 1.82) is 0 Å². The van der Waals surface area contributed by atoms with Crippen molar-refractivity contribution in [2.75, 3.05) is 5.32 Å². The molecular formula is C16H18N2OS. The maximum absolute atomic E-state index is 12.4. The number of nitrogens with zero attached hydrogens (tertiary/aromatic N) is 1. The topological polar surface area (TPSA) is 42.0 Å². The molecule has 3 atom stereocenters. The van der Waals surface area contributed by atoms with Crippen molar-refractivity contribution in [3.05, 3.63) is 23.8 Å². The van der Waals surface area contributed by atoms with Gasteiger partial charge in [0.1, 0.15) is 0 Å². The van der Waals surface area contributed by atoms with Crippen molar-refractivity contribution >= 4 is 32.6 Å². The Morgan fingerprint density at radius 3 is 3.00 bits per heavy atom. The van der Waals surface area contributed by atoms with Crippen molar-refractivity contribution in [2.24, 2.45) is 17.8 Å². The van der Waals surface area contributed by atoms with Crippen molar-refractivity contribution < 1.29 is 4.79 Å². The van der Waals surface area contributed by atoms with Crippen LogP contribution in [0.5, 0.6) is 0 Å². The minimum absolute atomic E-state index is 0.188. The van der Waals surface area contributed by atoms with Crippen molar-refractivity contribution in [3.8, 4) is 0 Å². The zero-order chi connectivity index (χ0) is 13.7. The van der Waals surface area contributed by atoms with Crippen LogP contribution in [0.1, 0.15) is 31.2 Å². The smallest absolute Gasteiger partial charge is 0.229 e. The van der Waals surface area contributed by atoms with E-state index in [0.29, 0.717) is 5.92 Å². The molecule has 2 fully saturated rings. The maximum atomic E-state index is 12.4. The minimum Gasteiger partial charge on any atom is -0.302 e. The Morgan fingerprint density at radius 2 is 2.25 bits per heavy atom. The first-order valence-corrected chi connectivity index (χ1v) is 8.19. The largest absolute Gasteiger partial charge is 0.302 e. The van der Waals surface area contributed by atoms with Crippen LogP contribution < -0.4 is 5.32 Å². The summed E-state index contributed by atoms with van der Waals surface area (Å²) in [7, 11) is 0. The zero-order valence-corrected chi connectivity index (χ0v) is 12.4. The third-order valence-corrected chi connectivity index (χ3v) is 5.78. The summed E-state index contributed by atoms with van der Waals surface area (Å²) in [6.45, 7) is 2.08. The molecule has 2 aliphatic carbocycles. The highest BCUT2D eigenvalue weighted by atomic mass is 32.1. The molecule has 2 aliphatic rings. The number of rotatable bonds is 2. The molecule has 2 bridgehead atoms. The number of amides is 1. The average Bonchev–Trinajstić information content (AvgIpc) is 3.11. The second-order valence-corrected chi connectivity index (χ2v) is 7.29. The quantitative estimate of drug-likeness (QED) is 0.907. The first kappa shape index (κ1) is 12.3. The summed E-state index contributed by atoms with van der Waals surface area (Å²) in [5.41, 5.74) is 2.20. The monoisotopic (exact) mass is 286 g/mol. The Morgan fingerprint density at radius 1 is 1.35 bits per heavy atom. The number of thiazole rings is 1. The molecule has 4 heteroatoms. The molecular weight excluding hydrogens is 268 g/mol. The van der Waals surface area contributed by atoms with Gasteiger partial charge in [-0.3, -0.25) is 4.79 Å². The van der Waals surface area contributed by atoms with Gasteiger partial charge in [0.05, 0.1) is 10.2 Å². The van der Waals surface area contributed by atoms with Gasteiger partial charge in [-0.1, -0.05) is 23.8 Å². The Hall–Kier alpha value is -1.42.